The molecule has 0 radical (unpaired) electrons. The number of likely N-dealkylation sites (N-methyl/N-ethyl adjacent to an activating group) is 1. The Morgan fingerprint density at radius 3 is 2.45 bits per heavy atom. The zero-order chi connectivity index (χ0) is 34.0. The van der Waals surface area contributed by atoms with Crippen LogP contribution in [0, 0.1) is 5.92 Å². The highest BCUT2D eigenvalue weighted by molar-refractivity contribution is 7.89. The second-order valence-electron chi connectivity index (χ2n) is 13.0. The molecule has 1 aliphatic carbocycles. The Hall–Kier alpha value is -3.19. The molecule has 0 bridgehead atoms. The van der Waals surface area contributed by atoms with Crippen molar-refractivity contribution in [3.05, 3.63) is 54.1 Å². The highest BCUT2D eigenvalue weighted by Gasteiger charge is 2.32. The molecule has 1 aliphatic heterocycles. The van der Waals surface area contributed by atoms with E-state index in [0.29, 0.717) is 18.0 Å². The topological polar surface area (TPSA) is 138 Å². The van der Waals surface area contributed by atoms with Gasteiger partial charge in [0.05, 0.1) is 35.3 Å². The number of fused-ring (bicyclic) bond motifs is 1. The van der Waals surface area contributed by atoms with Gasteiger partial charge in [0.1, 0.15) is 5.75 Å². The van der Waals surface area contributed by atoms with Crippen molar-refractivity contribution < 1.29 is 32.6 Å². The van der Waals surface area contributed by atoms with Crippen LogP contribution >= 0.6 is 0 Å². The standard InChI is InChI=1S/C35H52N4O7S/c1-25-22-39(26(2)24-40)34(41)31-21-29(37-35(42)36-28-14-7-5-8-15-28)18-19-32(31)46-27(3)13-11-12-20-45-33(25)23-38(4)47(43,44)30-16-9-6-10-17-30/h6,9-10,16-19,21,25-28,33,40H,5,7-8,11-15,20,22-24H2,1-4H3,(H2,36,37,42)/t25-,26+,27+,33-/m1/s1. The maximum absolute atomic E-state index is 14.3. The average molecular weight is 673 g/mol. The van der Waals surface area contributed by atoms with Crippen LogP contribution in [0.25, 0.3) is 0 Å². The summed E-state index contributed by atoms with van der Waals surface area (Å²) in [5.41, 5.74) is 0.736. The molecule has 4 atom stereocenters. The number of sulfonamides is 1. The van der Waals surface area contributed by atoms with E-state index < -0.39 is 22.2 Å². The molecule has 11 nitrogen and oxygen atoms in total. The summed E-state index contributed by atoms with van der Waals surface area (Å²) in [4.78, 5) is 29.0. The quantitative estimate of drug-likeness (QED) is 0.348. The minimum Gasteiger partial charge on any atom is -0.490 e. The summed E-state index contributed by atoms with van der Waals surface area (Å²) < 4.78 is 40.6. The summed E-state index contributed by atoms with van der Waals surface area (Å²) in [7, 11) is -2.22. The number of urea groups is 1. The van der Waals surface area contributed by atoms with E-state index in [-0.39, 0.29) is 60.2 Å². The van der Waals surface area contributed by atoms with E-state index in [1.165, 1.54) is 17.8 Å². The van der Waals surface area contributed by atoms with Crippen LogP contribution in [0.2, 0.25) is 0 Å². The normalized spacial score (nSPS) is 22.9. The lowest BCUT2D eigenvalue weighted by Gasteiger charge is -2.35. The van der Waals surface area contributed by atoms with E-state index in [2.05, 4.69) is 10.6 Å². The van der Waals surface area contributed by atoms with Crippen LogP contribution < -0.4 is 15.4 Å². The molecule has 12 heteroatoms. The number of nitrogens with zero attached hydrogens (tertiary/aromatic N) is 2. The number of carbonyl (C=O) groups is 2. The van der Waals surface area contributed by atoms with E-state index >= 15 is 0 Å². The zero-order valence-electron chi connectivity index (χ0n) is 28.2. The van der Waals surface area contributed by atoms with Gasteiger partial charge in [0.2, 0.25) is 10.0 Å². The van der Waals surface area contributed by atoms with Crippen molar-refractivity contribution >= 4 is 27.6 Å². The highest BCUT2D eigenvalue weighted by Crippen LogP contribution is 2.29. The number of benzene rings is 2. The van der Waals surface area contributed by atoms with Crippen LogP contribution in [0.15, 0.2) is 53.4 Å². The molecule has 1 saturated carbocycles. The smallest absolute Gasteiger partial charge is 0.319 e. The van der Waals surface area contributed by atoms with Gasteiger partial charge in [-0.2, -0.15) is 4.31 Å². The van der Waals surface area contributed by atoms with Gasteiger partial charge in [0.15, 0.2) is 0 Å². The molecule has 3 N–H and O–H groups in total. The molecule has 4 rings (SSSR count). The van der Waals surface area contributed by atoms with E-state index in [9.17, 15) is 23.1 Å². The van der Waals surface area contributed by atoms with Crippen LogP contribution in [-0.4, -0.2) is 92.3 Å². The van der Waals surface area contributed by atoms with Crippen molar-refractivity contribution in [2.24, 2.45) is 5.92 Å². The molecule has 260 valence electrons. The third kappa shape index (κ3) is 10.2. The number of aliphatic hydroxyl groups is 1. The number of hydrogen-bond acceptors (Lipinski definition) is 7. The van der Waals surface area contributed by atoms with Gasteiger partial charge in [-0.05, 0) is 76.3 Å². The Kier molecular flexibility index (Phi) is 13.5. The number of aliphatic hydroxyl groups excluding tert-OH is 1. The zero-order valence-corrected chi connectivity index (χ0v) is 29.0. The molecule has 0 unspecified atom stereocenters. The summed E-state index contributed by atoms with van der Waals surface area (Å²) >= 11 is 0. The number of carbonyl (C=O) groups excluding carboxylic acids is 2. The first-order chi connectivity index (χ1) is 22.5. The predicted octanol–water partition coefficient (Wildman–Crippen LogP) is 5.26. The summed E-state index contributed by atoms with van der Waals surface area (Å²) in [5, 5.41) is 16.2. The Morgan fingerprint density at radius 1 is 1.04 bits per heavy atom. The lowest BCUT2D eigenvalue weighted by atomic mass is 9.96. The van der Waals surface area contributed by atoms with Crippen molar-refractivity contribution in [2.45, 2.75) is 101 Å². The number of hydrogen-bond donors (Lipinski definition) is 3. The lowest BCUT2D eigenvalue weighted by molar-refractivity contribution is -0.00833. The first-order valence-electron chi connectivity index (χ1n) is 16.9. The van der Waals surface area contributed by atoms with Crippen LogP contribution in [0.5, 0.6) is 5.75 Å². The van der Waals surface area contributed by atoms with Crippen LogP contribution in [0.1, 0.15) is 82.5 Å². The molecular formula is C35H52N4O7S. The molecule has 2 aromatic carbocycles. The third-order valence-electron chi connectivity index (χ3n) is 9.14. The summed E-state index contributed by atoms with van der Waals surface area (Å²) in [6, 6.07) is 12.6. The maximum atomic E-state index is 14.3. The predicted molar refractivity (Wildman–Crippen MR) is 182 cm³/mol. The van der Waals surface area contributed by atoms with Crippen molar-refractivity contribution in [3.8, 4) is 5.75 Å². The van der Waals surface area contributed by atoms with E-state index in [0.717, 1.165) is 44.9 Å². The van der Waals surface area contributed by atoms with Gasteiger partial charge in [-0.1, -0.05) is 44.4 Å². The largest absolute Gasteiger partial charge is 0.490 e. The lowest BCUT2D eigenvalue weighted by Crippen LogP contribution is -2.48. The van der Waals surface area contributed by atoms with Crippen molar-refractivity contribution in [3.63, 3.8) is 0 Å². The van der Waals surface area contributed by atoms with Gasteiger partial charge >= 0.3 is 6.03 Å². The number of anilines is 1. The van der Waals surface area contributed by atoms with E-state index in [1.807, 2.05) is 13.8 Å². The van der Waals surface area contributed by atoms with Crippen LogP contribution in [0.3, 0.4) is 0 Å². The fraction of sp³-hybridized carbons (Fsp3) is 0.600. The summed E-state index contributed by atoms with van der Waals surface area (Å²) in [6.45, 7) is 6.08. The number of rotatable bonds is 8. The van der Waals surface area contributed by atoms with Crippen molar-refractivity contribution in [1.29, 1.82) is 0 Å². The van der Waals surface area contributed by atoms with Crippen molar-refractivity contribution in [2.75, 3.05) is 38.7 Å². The fourth-order valence-corrected chi connectivity index (χ4v) is 7.39. The Bertz CT molecular complexity index is 1420. The summed E-state index contributed by atoms with van der Waals surface area (Å²) in [5.74, 6) is -0.254. The van der Waals surface area contributed by atoms with Crippen LogP contribution in [0.4, 0.5) is 10.5 Å². The third-order valence-corrected chi connectivity index (χ3v) is 11.0. The number of ether oxygens (including phenoxy) is 2. The van der Waals surface area contributed by atoms with Gasteiger partial charge in [-0.25, -0.2) is 13.2 Å². The molecule has 2 aromatic rings. The fourth-order valence-electron chi connectivity index (χ4n) is 6.19. The molecule has 0 aromatic heterocycles. The van der Waals surface area contributed by atoms with Gasteiger partial charge in [-0.3, -0.25) is 4.79 Å². The number of amides is 3. The molecule has 1 fully saturated rings. The van der Waals surface area contributed by atoms with E-state index in [4.69, 9.17) is 9.47 Å². The minimum absolute atomic E-state index is 0.0915. The van der Waals surface area contributed by atoms with Gasteiger partial charge in [-0.15, -0.1) is 0 Å². The first kappa shape index (κ1) is 36.6. The molecular weight excluding hydrogens is 620 g/mol. The van der Waals surface area contributed by atoms with Crippen molar-refractivity contribution in [1.82, 2.24) is 14.5 Å². The molecule has 1 heterocycles. The first-order valence-corrected chi connectivity index (χ1v) is 18.4. The number of nitrogens with one attached hydrogen (secondary N) is 2. The SMILES string of the molecule is C[C@@H]1CN([C@@H](C)CO)C(=O)c2cc(NC(=O)NC3CCCCC3)ccc2O[C@@H](C)CCCCO[C@@H]1CN(C)S(=O)(=O)c1ccccc1. The summed E-state index contributed by atoms with van der Waals surface area (Å²) in [6.07, 6.45) is 6.85. The molecule has 47 heavy (non-hydrogen) atoms. The van der Waals surface area contributed by atoms with Gasteiger partial charge < -0.3 is 30.1 Å². The van der Waals surface area contributed by atoms with Gasteiger partial charge in [0.25, 0.3) is 5.91 Å². The Labute approximate surface area is 280 Å². The molecule has 0 spiro atoms. The average Bonchev–Trinajstić information content (AvgIpc) is 3.06. The van der Waals surface area contributed by atoms with E-state index in [1.54, 1.807) is 60.4 Å². The molecule has 2 aliphatic rings. The monoisotopic (exact) mass is 672 g/mol. The minimum atomic E-state index is -3.76. The molecule has 3 amide bonds. The van der Waals surface area contributed by atoms with Gasteiger partial charge in [0, 0.05) is 44.4 Å². The van der Waals surface area contributed by atoms with Crippen LogP contribution in [-0.2, 0) is 14.8 Å². The maximum Gasteiger partial charge on any atom is 0.319 e. The Morgan fingerprint density at radius 2 is 1.74 bits per heavy atom. The second kappa shape index (κ2) is 17.3. The second-order valence-corrected chi connectivity index (χ2v) is 15.1. The Balaban J connectivity index is 1.60. The highest BCUT2D eigenvalue weighted by atomic mass is 32.2. The molecule has 0 saturated heterocycles.